The third-order valence-corrected chi connectivity index (χ3v) is 3.02. The fourth-order valence-electron chi connectivity index (χ4n) is 1.92. The largest absolute Gasteiger partial charge is 0.494 e. The standard InChI is InChI=1S/C16H23NO4/c1-5-21-12-8-6-11(7-9-12)10-13(18)17-14(15(19)20)16(2,3)4/h6-9,14H,5,10H2,1-4H3,(H,17,18)(H,19,20)/t14-/m1/s1. The molecule has 0 fully saturated rings. The summed E-state index contributed by atoms with van der Waals surface area (Å²) in [6, 6.07) is 6.29. The van der Waals surface area contributed by atoms with Crippen molar-refractivity contribution in [2.45, 2.75) is 40.2 Å². The Morgan fingerprint density at radius 3 is 2.24 bits per heavy atom. The van der Waals surface area contributed by atoms with Crippen LogP contribution in [0.2, 0.25) is 0 Å². The lowest BCUT2D eigenvalue weighted by Crippen LogP contribution is -2.49. The fourth-order valence-corrected chi connectivity index (χ4v) is 1.92. The fraction of sp³-hybridized carbons (Fsp3) is 0.500. The van der Waals surface area contributed by atoms with E-state index in [2.05, 4.69) is 5.32 Å². The SMILES string of the molecule is CCOc1ccc(CC(=O)N[C@H](C(=O)O)C(C)(C)C)cc1. The monoisotopic (exact) mass is 293 g/mol. The molecule has 1 atom stereocenters. The maximum Gasteiger partial charge on any atom is 0.326 e. The highest BCUT2D eigenvalue weighted by Gasteiger charge is 2.32. The summed E-state index contributed by atoms with van der Waals surface area (Å²) in [5.41, 5.74) is 0.273. The average molecular weight is 293 g/mol. The van der Waals surface area contributed by atoms with Gasteiger partial charge < -0.3 is 15.2 Å². The molecule has 5 nitrogen and oxygen atoms in total. The number of carbonyl (C=O) groups is 2. The number of amides is 1. The van der Waals surface area contributed by atoms with Gasteiger partial charge in [0.25, 0.3) is 0 Å². The van der Waals surface area contributed by atoms with Gasteiger partial charge >= 0.3 is 5.97 Å². The van der Waals surface area contributed by atoms with E-state index in [9.17, 15) is 14.7 Å². The molecule has 0 heterocycles. The van der Waals surface area contributed by atoms with E-state index in [0.29, 0.717) is 6.61 Å². The van der Waals surface area contributed by atoms with E-state index in [1.807, 2.05) is 6.92 Å². The molecule has 1 rings (SSSR count). The molecule has 2 N–H and O–H groups in total. The van der Waals surface area contributed by atoms with E-state index in [1.165, 1.54) is 0 Å². The van der Waals surface area contributed by atoms with E-state index < -0.39 is 17.4 Å². The van der Waals surface area contributed by atoms with Crippen LogP contribution in [0.3, 0.4) is 0 Å². The zero-order chi connectivity index (χ0) is 16.0. The van der Waals surface area contributed by atoms with Crippen LogP contribution in [-0.4, -0.2) is 29.6 Å². The molecule has 116 valence electrons. The number of nitrogens with one attached hydrogen (secondary N) is 1. The van der Waals surface area contributed by atoms with Gasteiger partial charge in [-0.3, -0.25) is 4.79 Å². The second-order valence-electron chi connectivity index (χ2n) is 5.96. The van der Waals surface area contributed by atoms with Crippen molar-refractivity contribution in [1.29, 1.82) is 0 Å². The Bertz CT molecular complexity index is 488. The number of benzene rings is 1. The Kier molecular flexibility index (Phi) is 5.76. The number of rotatable bonds is 6. The molecular weight excluding hydrogens is 270 g/mol. The normalized spacial score (nSPS) is 12.6. The minimum atomic E-state index is -1.03. The van der Waals surface area contributed by atoms with Gasteiger partial charge in [-0.25, -0.2) is 4.79 Å². The lowest BCUT2D eigenvalue weighted by molar-refractivity contribution is -0.144. The van der Waals surface area contributed by atoms with Crippen LogP contribution in [0.25, 0.3) is 0 Å². The van der Waals surface area contributed by atoms with E-state index in [0.717, 1.165) is 11.3 Å². The lowest BCUT2D eigenvalue weighted by Gasteiger charge is -2.27. The number of hydrogen-bond acceptors (Lipinski definition) is 3. The summed E-state index contributed by atoms with van der Waals surface area (Å²) in [6.45, 7) is 7.83. The molecule has 0 aliphatic rings. The van der Waals surface area contributed by atoms with Crippen molar-refractivity contribution in [3.63, 3.8) is 0 Å². The molecule has 1 aromatic carbocycles. The van der Waals surface area contributed by atoms with Crippen molar-refractivity contribution >= 4 is 11.9 Å². The number of ether oxygens (including phenoxy) is 1. The molecule has 0 saturated heterocycles. The Hall–Kier alpha value is -2.04. The van der Waals surface area contributed by atoms with Gasteiger partial charge in [0.1, 0.15) is 11.8 Å². The first-order valence-corrected chi connectivity index (χ1v) is 6.98. The van der Waals surface area contributed by atoms with E-state index >= 15 is 0 Å². The Labute approximate surface area is 125 Å². The molecule has 0 aliphatic carbocycles. The summed E-state index contributed by atoms with van der Waals surface area (Å²) in [6.07, 6.45) is 0.145. The van der Waals surface area contributed by atoms with Gasteiger partial charge in [0.2, 0.25) is 5.91 Å². The van der Waals surface area contributed by atoms with Gasteiger partial charge in [0, 0.05) is 0 Å². The molecule has 0 aromatic heterocycles. The van der Waals surface area contributed by atoms with Gasteiger partial charge in [-0.05, 0) is 30.0 Å². The van der Waals surface area contributed by atoms with E-state index in [-0.39, 0.29) is 12.3 Å². The maximum absolute atomic E-state index is 12.0. The minimum Gasteiger partial charge on any atom is -0.494 e. The summed E-state index contributed by atoms with van der Waals surface area (Å²) >= 11 is 0. The molecule has 0 radical (unpaired) electrons. The maximum atomic E-state index is 12.0. The van der Waals surface area contributed by atoms with Crippen LogP contribution in [0, 0.1) is 5.41 Å². The highest BCUT2D eigenvalue weighted by Crippen LogP contribution is 2.19. The van der Waals surface area contributed by atoms with Gasteiger partial charge in [-0.2, -0.15) is 0 Å². The third-order valence-electron chi connectivity index (χ3n) is 3.02. The Balaban J connectivity index is 2.66. The summed E-state index contributed by atoms with van der Waals surface area (Å²) in [5.74, 6) is -0.580. The summed E-state index contributed by atoms with van der Waals surface area (Å²) < 4.78 is 5.33. The number of carboxylic acid groups (broad SMARTS) is 1. The Morgan fingerprint density at radius 2 is 1.81 bits per heavy atom. The predicted octanol–water partition coefficient (Wildman–Crippen LogP) is 2.24. The molecule has 0 aliphatic heterocycles. The highest BCUT2D eigenvalue weighted by atomic mass is 16.5. The second-order valence-corrected chi connectivity index (χ2v) is 5.96. The van der Waals surface area contributed by atoms with Crippen LogP contribution < -0.4 is 10.1 Å². The van der Waals surface area contributed by atoms with Crippen molar-refractivity contribution in [2.75, 3.05) is 6.61 Å². The van der Waals surface area contributed by atoms with Crippen LogP contribution in [0.5, 0.6) is 5.75 Å². The minimum absolute atomic E-state index is 0.145. The summed E-state index contributed by atoms with van der Waals surface area (Å²) in [5, 5.41) is 11.8. The van der Waals surface area contributed by atoms with Crippen molar-refractivity contribution in [2.24, 2.45) is 5.41 Å². The van der Waals surface area contributed by atoms with Gasteiger partial charge in [-0.1, -0.05) is 32.9 Å². The summed E-state index contributed by atoms with van der Waals surface area (Å²) in [4.78, 5) is 23.2. The second kappa shape index (κ2) is 7.11. The molecule has 0 spiro atoms. The third kappa shape index (κ3) is 5.45. The van der Waals surface area contributed by atoms with Crippen LogP contribution in [-0.2, 0) is 16.0 Å². The number of aliphatic carboxylic acids is 1. The quantitative estimate of drug-likeness (QED) is 0.843. The zero-order valence-corrected chi connectivity index (χ0v) is 13.0. The van der Waals surface area contributed by atoms with Crippen molar-refractivity contribution in [3.8, 4) is 5.75 Å². The van der Waals surface area contributed by atoms with Crippen LogP contribution in [0.15, 0.2) is 24.3 Å². The number of carboxylic acids is 1. The number of carbonyl (C=O) groups excluding carboxylic acids is 1. The van der Waals surface area contributed by atoms with Crippen molar-refractivity contribution < 1.29 is 19.4 Å². The Morgan fingerprint density at radius 1 is 1.24 bits per heavy atom. The van der Waals surface area contributed by atoms with Gasteiger partial charge in [-0.15, -0.1) is 0 Å². The van der Waals surface area contributed by atoms with Crippen LogP contribution >= 0.6 is 0 Å². The first-order chi connectivity index (χ1) is 9.74. The average Bonchev–Trinajstić information content (AvgIpc) is 2.37. The first kappa shape index (κ1) is 17.0. The molecule has 0 unspecified atom stereocenters. The number of hydrogen-bond donors (Lipinski definition) is 2. The zero-order valence-electron chi connectivity index (χ0n) is 13.0. The molecule has 5 heteroatoms. The predicted molar refractivity (Wildman–Crippen MR) is 80.3 cm³/mol. The van der Waals surface area contributed by atoms with Crippen LogP contribution in [0.1, 0.15) is 33.3 Å². The van der Waals surface area contributed by atoms with Gasteiger partial charge in [0.15, 0.2) is 0 Å². The van der Waals surface area contributed by atoms with E-state index in [1.54, 1.807) is 45.0 Å². The molecule has 21 heavy (non-hydrogen) atoms. The topological polar surface area (TPSA) is 75.6 Å². The molecule has 0 saturated carbocycles. The van der Waals surface area contributed by atoms with Crippen LogP contribution in [0.4, 0.5) is 0 Å². The molecule has 1 aromatic rings. The van der Waals surface area contributed by atoms with Crippen molar-refractivity contribution in [1.82, 2.24) is 5.32 Å². The van der Waals surface area contributed by atoms with E-state index in [4.69, 9.17) is 4.74 Å². The van der Waals surface area contributed by atoms with Crippen molar-refractivity contribution in [3.05, 3.63) is 29.8 Å². The highest BCUT2D eigenvalue weighted by molar-refractivity contribution is 5.85. The first-order valence-electron chi connectivity index (χ1n) is 6.98. The molecule has 0 bridgehead atoms. The van der Waals surface area contributed by atoms with Gasteiger partial charge in [0.05, 0.1) is 13.0 Å². The molecular formula is C16H23NO4. The molecule has 1 amide bonds. The summed E-state index contributed by atoms with van der Waals surface area (Å²) in [7, 11) is 0. The smallest absolute Gasteiger partial charge is 0.326 e. The lowest BCUT2D eigenvalue weighted by atomic mass is 9.86.